The molecule has 1 aromatic rings. The molecular weight excluding hydrogens is 316 g/mol. The number of hydrogen-bond acceptors (Lipinski definition) is 2. The summed E-state index contributed by atoms with van der Waals surface area (Å²) in [7, 11) is 0. The second-order valence-corrected chi connectivity index (χ2v) is 5.31. The molecule has 0 saturated carbocycles. The van der Waals surface area contributed by atoms with Crippen LogP contribution in [0.2, 0.25) is 0 Å². The van der Waals surface area contributed by atoms with Gasteiger partial charge in [-0.15, -0.1) is 12.4 Å². The Morgan fingerprint density at radius 3 is 2.50 bits per heavy atom. The van der Waals surface area contributed by atoms with E-state index in [-0.39, 0.29) is 18.3 Å². The predicted octanol–water partition coefficient (Wildman–Crippen LogP) is 2.28. The quantitative estimate of drug-likeness (QED) is 0.891. The normalized spacial score (nSPS) is 15.8. The molecule has 0 atom stereocenters. The number of carbonyl (C=O) groups excluding carboxylic acids is 1. The fraction of sp³-hybridized carbons (Fsp3) is 0.462. The van der Waals surface area contributed by atoms with Crippen molar-refractivity contribution in [1.29, 1.82) is 0 Å². The van der Waals surface area contributed by atoms with Crippen molar-refractivity contribution in [1.82, 2.24) is 10.6 Å². The van der Waals surface area contributed by atoms with Crippen LogP contribution in [0.3, 0.4) is 0 Å². The summed E-state index contributed by atoms with van der Waals surface area (Å²) in [5, 5.41) is 6.38. The Labute approximate surface area is 122 Å². The van der Waals surface area contributed by atoms with Gasteiger partial charge in [0.2, 0.25) is 5.91 Å². The smallest absolute Gasteiger partial charge is 0.224 e. The SMILES string of the molecule is Cl.O=C(Cc1ccc(Br)cc1)NC1CCNCC1. The van der Waals surface area contributed by atoms with Gasteiger partial charge in [-0.2, -0.15) is 0 Å². The lowest BCUT2D eigenvalue weighted by atomic mass is 10.1. The predicted molar refractivity (Wildman–Crippen MR) is 79.1 cm³/mol. The van der Waals surface area contributed by atoms with Crippen molar-refractivity contribution in [2.45, 2.75) is 25.3 Å². The van der Waals surface area contributed by atoms with Gasteiger partial charge in [-0.25, -0.2) is 0 Å². The van der Waals surface area contributed by atoms with Gasteiger partial charge in [0.05, 0.1) is 6.42 Å². The van der Waals surface area contributed by atoms with Gasteiger partial charge >= 0.3 is 0 Å². The number of piperidine rings is 1. The van der Waals surface area contributed by atoms with Gasteiger partial charge < -0.3 is 10.6 Å². The molecule has 0 spiro atoms. The molecule has 100 valence electrons. The molecule has 1 aliphatic heterocycles. The van der Waals surface area contributed by atoms with Crippen LogP contribution in [0.25, 0.3) is 0 Å². The van der Waals surface area contributed by atoms with E-state index in [1.54, 1.807) is 0 Å². The first-order chi connectivity index (χ1) is 8.24. The van der Waals surface area contributed by atoms with E-state index in [9.17, 15) is 4.79 Å². The molecule has 1 heterocycles. The molecule has 1 aliphatic rings. The lowest BCUT2D eigenvalue weighted by Crippen LogP contribution is -2.43. The molecule has 0 unspecified atom stereocenters. The van der Waals surface area contributed by atoms with Gasteiger partial charge in [0.15, 0.2) is 0 Å². The fourth-order valence-electron chi connectivity index (χ4n) is 2.03. The monoisotopic (exact) mass is 332 g/mol. The first-order valence-corrected chi connectivity index (χ1v) is 6.78. The summed E-state index contributed by atoms with van der Waals surface area (Å²) in [6.07, 6.45) is 2.54. The highest BCUT2D eigenvalue weighted by Gasteiger charge is 2.15. The largest absolute Gasteiger partial charge is 0.353 e. The second kappa shape index (κ2) is 7.77. The van der Waals surface area contributed by atoms with Crippen molar-refractivity contribution in [3.8, 4) is 0 Å². The number of halogens is 2. The van der Waals surface area contributed by atoms with Crippen LogP contribution in [0.1, 0.15) is 18.4 Å². The van der Waals surface area contributed by atoms with Crippen molar-refractivity contribution in [3.63, 3.8) is 0 Å². The summed E-state index contributed by atoms with van der Waals surface area (Å²) in [6, 6.07) is 8.23. The minimum absolute atomic E-state index is 0. The van der Waals surface area contributed by atoms with Crippen molar-refractivity contribution in [3.05, 3.63) is 34.3 Å². The van der Waals surface area contributed by atoms with Crippen LogP contribution in [0.15, 0.2) is 28.7 Å². The minimum atomic E-state index is 0. The lowest BCUT2D eigenvalue weighted by molar-refractivity contribution is -0.121. The van der Waals surface area contributed by atoms with E-state index in [0.717, 1.165) is 36.0 Å². The summed E-state index contributed by atoms with van der Waals surface area (Å²) in [5.74, 6) is 0.124. The average Bonchev–Trinajstić information content (AvgIpc) is 2.33. The average molecular weight is 334 g/mol. The Hall–Kier alpha value is -0.580. The van der Waals surface area contributed by atoms with Crippen LogP contribution in [-0.4, -0.2) is 25.0 Å². The van der Waals surface area contributed by atoms with E-state index in [1.165, 1.54) is 0 Å². The Morgan fingerprint density at radius 1 is 1.28 bits per heavy atom. The molecular formula is C13H18BrClN2O. The van der Waals surface area contributed by atoms with Crippen LogP contribution >= 0.6 is 28.3 Å². The van der Waals surface area contributed by atoms with E-state index < -0.39 is 0 Å². The van der Waals surface area contributed by atoms with E-state index in [0.29, 0.717) is 12.5 Å². The third kappa shape index (κ3) is 4.96. The van der Waals surface area contributed by atoms with Crippen LogP contribution in [0, 0.1) is 0 Å². The zero-order valence-electron chi connectivity index (χ0n) is 10.1. The standard InChI is InChI=1S/C13H17BrN2O.ClH/c14-11-3-1-10(2-4-11)9-13(17)16-12-5-7-15-8-6-12;/h1-4,12,15H,5-9H2,(H,16,17);1H. The molecule has 0 aromatic heterocycles. The van der Waals surface area contributed by atoms with Crippen LogP contribution < -0.4 is 10.6 Å². The molecule has 1 aromatic carbocycles. The minimum Gasteiger partial charge on any atom is -0.353 e. The fourth-order valence-corrected chi connectivity index (χ4v) is 2.30. The maximum atomic E-state index is 11.8. The highest BCUT2D eigenvalue weighted by molar-refractivity contribution is 9.10. The molecule has 0 bridgehead atoms. The molecule has 1 saturated heterocycles. The first-order valence-electron chi connectivity index (χ1n) is 5.98. The summed E-state index contributed by atoms with van der Waals surface area (Å²) >= 11 is 3.38. The zero-order chi connectivity index (χ0) is 12.1. The van der Waals surface area contributed by atoms with Crippen molar-refractivity contribution in [2.75, 3.05) is 13.1 Å². The molecule has 1 fully saturated rings. The topological polar surface area (TPSA) is 41.1 Å². The number of rotatable bonds is 3. The van der Waals surface area contributed by atoms with Gasteiger partial charge in [0, 0.05) is 10.5 Å². The van der Waals surface area contributed by atoms with Crippen molar-refractivity contribution in [2.24, 2.45) is 0 Å². The Morgan fingerprint density at radius 2 is 1.89 bits per heavy atom. The van der Waals surface area contributed by atoms with E-state index in [4.69, 9.17) is 0 Å². The highest BCUT2D eigenvalue weighted by Crippen LogP contribution is 2.11. The molecule has 2 rings (SSSR count). The van der Waals surface area contributed by atoms with Crippen LogP contribution in [0.5, 0.6) is 0 Å². The number of benzene rings is 1. The molecule has 18 heavy (non-hydrogen) atoms. The molecule has 3 nitrogen and oxygen atoms in total. The number of nitrogens with one attached hydrogen (secondary N) is 2. The number of amides is 1. The third-order valence-corrected chi connectivity index (χ3v) is 3.51. The number of carbonyl (C=O) groups is 1. The maximum Gasteiger partial charge on any atom is 0.224 e. The lowest BCUT2D eigenvalue weighted by Gasteiger charge is -2.23. The molecule has 0 aliphatic carbocycles. The summed E-state index contributed by atoms with van der Waals surface area (Å²) in [6.45, 7) is 2.01. The molecule has 0 radical (unpaired) electrons. The van der Waals surface area contributed by atoms with E-state index in [2.05, 4.69) is 26.6 Å². The highest BCUT2D eigenvalue weighted by atomic mass is 79.9. The summed E-state index contributed by atoms with van der Waals surface area (Å²) < 4.78 is 1.04. The Balaban J connectivity index is 0.00000162. The summed E-state index contributed by atoms with van der Waals surface area (Å²) in [4.78, 5) is 11.8. The van der Waals surface area contributed by atoms with Gasteiger partial charge in [0.25, 0.3) is 0 Å². The number of hydrogen-bond donors (Lipinski definition) is 2. The van der Waals surface area contributed by atoms with Gasteiger partial charge in [0.1, 0.15) is 0 Å². The van der Waals surface area contributed by atoms with Gasteiger partial charge in [-0.3, -0.25) is 4.79 Å². The van der Waals surface area contributed by atoms with Crippen LogP contribution in [0.4, 0.5) is 0 Å². The zero-order valence-corrected chi connectivity index (χ0v) is 12.5. The molecule has 5 heteroatoms. The Kier molecular flexibility index (Phi) is 6.68. The van der Waals surface area contributed by atoms with Crippen molar-refractivity contribution >= 4 is 34.2 Å². The van der Waals surface area contributed by atoms with E-state index >= 15 is 0 Å². The summed E-state index contributed by atoms with van der Waals surface area (Å²) in [5.41, 5.74) is 1.06. The van der Waals surface area contributed by atoms with Gasteiger partial charge in [-0.05, 0) is 43.6 Å². The maximum absolute atomic E-state index is 11.8. The third-order valence-electron chi connectivity index (χ3n) is 2.98. The van der Waals surface area contributed by atoms with E-state index in [1.807, 2.05) is 24.3 Å². The first kappa shape index (κ1) is 15.5. The second-order valence-electron chi connectivity index (χ2n) is 4.40. The van der Waals surface area contributed by atoms with Crippen LogP contribution in [-0.2, 0) is 11.2 Å². The Bertz CT molecular complexity index is 377. The molecule has 2 N–H and O–H groups in total. The van der Waals surface area contributed by atoms with Gasteiger partial charge in [-0.1, -0.05) is 28.1 Å². The molecule has 1 amide bonds. The van der Waals surface area contributed by atoms with Crippen molar-refractivity contribution < 1.29 is 4.79 Å².